The van der Waals surface area contributed by atoms with E-state index in [0.29, 0.717) is 16.7 Å². The van der Waals surface area contributed by atoms with Gasteiger partial charge in [-0.3, -0.25) is 19.3 Å². The Kier molecular flexibility index (Phi) is 3.77. The molecule has 118 valence electrons. The Bertz CT molecular complexity index is 798. The van der Waals surface area contributed by atoms with Crippen LogP contribution in [0.2, 0.25) is 0 Å². The summed E-state index contributed by atoms with van der Waals surface area (Å²) in [6.45, 7) is 1.96. The van der Waals surface area contributed by atoms with E-state index in [1.807, 2.05) is 24.4 Å². The highest BCUT2D eigenvalue weighted by Crippen LogP contribution is 2.27. The fraction of sp³-hybridized carbons (Fsp3) is 0.235. The predicted molar refractivity (Wildman–Crippen MR) is 87.7 cm³/mol. The first kappa shape index (κ1) is 15.4. The van der Waals surface area contributed by atoms with Crippen molar-refractivity contribution in [3.8, 4) is 0 Å². The van der Waals surface area contributed by atoms with Gasteiger partial charge in [-0.1, -0.05) is 6.07 Å². The second-order valence-corrected chi connectivity index (χ2v) is 6.52. The first-order chi connectivity index (χ1) is 10.9. The molecule has 0 N–H and O–H groups in total. The number of carbonyl (C=O) groups is 3. The van der Waals surface area contributed by atoms with Gasteiger partial charge in [0.15, 0.2) is 0 Å². The number of nitrogens with zero attached hydrogens (tertiary/aromatic N) is 2. The third kappa shape index (κ3) is 2.45. The summed E-state index contributed by atoms with van der Waals surface area (Å²) in [6, 6.07) is 8.54. The van der Waals surface area contributed by atoms with E-state index in [1.54, 1.807) is 35.4 Å². The molecule has 5 nitrogen and oxygen atoms in total. The number of hydrogen-bond donors (Lipinski definition) is 0. The van der Waals surface area contributed by atoms with Gasteiger partial charge in [0.05, 0.1) is 17.2 Å². The molecule has 0 spiro atoms. The second kappa shape index (κ2) is 5.62. The van der Waals surface area contributed by atoms with Crippen LogP contribution in [0.1, 0.15) is 48.9 Å². The van der Waals surface area contributed by atoms with E-state index >= 15 is 0 Å². The van der Waals surface area contributed by atoms with Gasteiger partial charge in [0.25, 0.3) is 17.7 Å². The number of thiophene rings is 1. The van der Waals surface area contributed by atoms with Gasteiger partial charge in [-0.05, 0) is 36.6 Å². The summed E-state index contributed by atoms with van der Waals surface area (Å²) < 4.78 is 0. The van der Waals surface area contributed by atoms with Crippen molar-refractivity contribution in [2.24, 2.45) is 0 Å². The van der Waals surface area contributed by atoms with Crippen LogP contribution in [0, 0.1) is 0 Å². The van der Waals surface area contributed by atoms with E-state index < -0.39 is 0 Å². The zero-order chi connectivity index (χ0) is 16.7. The highest BCUT2D eigenvalue weighted by Gasteiger charge is 2.33. The molecule has 0 fully saturated rings. The smallest absolute Gasteiger partial charge is 0.261 e. The molecule has 1 aliphatic rings. The summed E-state index contributed by atoms with van der Waals surface area (Å²) in [5, 5.41) is 1.97. The molecule has 3 rings (SSSR count). The Morgan fingerprint density at radius 1 is 1.17 bits per heavy atom. The molecule has 6 heteroatoms. The molecule has 1 aromatic heterocycles. The maximum atomic E-state index is 12.7. The van der Waals surface area contributed by atoms with Gasteiger partial charge >= 0.3 is 0 Å². The van der Waals surface area contributed by atoms with Gasteiger partial charge in [-0.25, -0.2) is 0 Å². The standard InChI is InChI=1S/C17H16N2O3S/c1-10(14-5-4-8-23-14)18(2)15(20)11-6-7-12-13(9-11)17(22)19(3)16(12)21/h4-10H,1-3H3/t10-/m1/s1. The number of imide groups is 1. The van der Waals surface area contributed by atoms with E-state index in [2.05, 4.69) is 0 Å². The van der Waals surface area contributed by atoms with Gasteiger partial charge in [0, 0.05) is 24.5 Å². The number of rotatable bonds is 3. The fourth-order valence-electron chi connectivity index (χ4n) is 2.59. The molecule has 2 aromatic rings. The SMILES string of the molecule is C[C@H](c1cccs1)N(C)C(=O)c1ccc2c(c1)C(=O)N(C)C2=O. The van der Waals surface area contributed by atoms with E-state index in [-0.39, 0.29) is 23.8 Å². The van der Waals surface area contributed by atoms with Gasteiger partial charge < -0.3 is 4.90 Å². The molecule has 0 unspecified atom stereocenters. The van der Waals surface area contributed by atoms with Crippen LogP contribution in [-0.2, 0) is 0 Å². The molecule has 0 aliphatic carbocycles. The minimum Gasteiger partial charge on any atom is -0.334 e. The van der Waals surface area contributed by atoms with Crippen LogP contribution in [0.4, 0.5) is 0 Å². The molecule has 23 heavy (non-hydrogen) atoms. The van der Waals surface area contributed by atoms with Crippen LogP contribution in [0.5, 0.6) is 0 Å². The van der Waals surface area contributed by atoms with Crippen molar-refractivity contribution in [3.63, 3.8) is 0 Å². The number of fused-ring (bicyclic) bond motifs is 1. The van der Waals surface area contributed by atoms with Crippen LogP contribution >= 0.6 is 11.3 Å². The van der Waals surface area contributed by atoms with Crippen LogP contribution in [0.3, 0.4) is 0 Å². The third-order valence-corrected chi connectivity index (χ3v) is 5.24. The Morgan fingerprint density at radius 2 is 1.87 bits per heavy atom. The topological polar surface area (TPSA) is 57.7 Å². The number of amides is 3. The fourth-order valence-corrected chi connectivity index (χ4v) is 3.42. The van der Waals surface area contributed by atoms with Crippen molar-refractivity contribution in [2.45, 2.75) is 13.0 Å². The Morgan fingerprint density at radius 3 is 2.52 bits per heavy atom. The molecule has 0 saturated heterocycles. The lowest BCUT2D eigenvalue weighted by Gasteiger charge is -2.24. The summed E-state index contributed by atoms with van der Waals surface area (Å²) in [7, 11) is 3.18. The average Bonchev–Trinajstić information content (AvgIpc) is 3.17. The van der Waals surface area contributed by atoms with E-state index in [1.165, 1.54) is 13.1 Å². The van der Waals surface area contributed by atoms with Crippen LogP contribution < -0.4 is 0 Å². The van der Waals surface area contributed by atoms with Crippen molar-refractivity contribution in [1.82, 2.24) is 9.80 Å². The van der Waals surface area contributed by atoms with Gasteiger partial charge in [0.1, 0.15) is 0 Å². The van der Waals surface area contributed by atoms with Gasteiger partial charge in [-0.2, -0.15) is 0 Å². The van der Waals surface area contributed by atoms with Crippen molar-refractivity contribution < 1.29 is 14.4 Å². The monoisotopic (exact) mass is 328 g/mol. The summed E-state index contributed by atoms with van der Waals surface area (Å²) in [6.07, 6.45) is 0. The maximum Gasteiger partial charge on any atom is 0.261 e. The van der Waals surface area contributed by atoms with Crippen LogP contribution in [-0.4, -0.2) is 41.6 Å². The van der Waals surface area contributed by atoms with Crippen LogP contribution in [0.25, 0.3) is 0 Å². The first-order valence-electron chi connectivity index (χ1n) is 7.19. The quantitative estimate of drug-likeness (QED) is 0.814. The second-order valence-electron chi connectivity index (χ2n) is 5.54. The van der Waals surface area contributed by atoms with Gasteiger partial charge in [-0.15, -0.1) is 11.3 Å². The predicted octanol–water partition coefficient (Wildman–Crippen LogP) is 2.81. The molecule has 2 heterocycles. The van der Waals surface area contributed by atoms with E-state index in [4.69, 9.17) is 0 Å². The molecular weight excluding hydrogens is 312 g/mol. The number of benzene rings is 1. The zero-order valence-corrected chi connectivity index (χ0v) is 13.9. The van der Waals surface area contributed by atoms with Crippen molar-refractivity contribution in [1.29, 1.82) is 0 Å². The molecule has 1 aromatic carbocycles. The Labute approximate surface area is 138 Å². The minimum atomic E-state index is -0.367. The molecule has 1 aliphatic heterocycles. The summed E-state index contributed by atoms with van der Waals surface area (Å²) in [4.78, 5) is 40.4. The Balaban J connectivity index is 1.90. The Hall–Kier alpha value is -2.47. The van der Waals surface area contributed by atoms with E-state index in [0.717, 1.165) is 9.78 Å². The summed E-state index contributed by atoms with van der Waals surface area (Å²) in [5.74, 6) is -0.874. The maximum absolute atomic E-state index is 12.7. The summed E-state index contributed by atoms with van der Waals surface area (Å²) >= 11 is 1.59. The molecule has 0 saturated carbocycles. The third-order valence-electron chi connectivity index (χ3n) is 4.19. The van der Waals surface area contributed by atoms with Crippen molar-refractivity contribution >= 4 is 29.1 Å². The number of hydrogen-bond acceptors (Lipinski definition) is 4. The zero-order valence-electron chi connectivity index (χ0n) is 13.1. The molecular formula is C17H16N2O3S. The summed E-state index contributed by atoms with van der Waals surface area (Å²) in [5.41, 5.74) is 1.05. The highest BCUT2D eigenvalue weighted by molar-refractivity contribution is 7.10. The average molecular weight is 328 g/mol. The molecule has 0 radical (unpaired) electrons. The lowest BCUT2D eigenvalue weighted by molar-refractivity contribution is 0.0692. The first-order valence-corrected chi connectivity index (χ1v) is 8.06. The normalized spacial score (nSPS) is 14.8. The lowest BCUT2D eigenvalue weighted by atomic mass is 10.0. The highest BCUT2D eigenvalue weighted by atomic mass is 32.1. The minimum absolute atomic E-state index is 0.0595. The number of carbonyl (C=O) groups excluding carboxylic acids is 3. The lowest BCUT2D eigenvalue weighted by Crippen LogP contribution is -2.29. The largest absolute Gasteiger partial charge is 0.334 e. The molecule has 1 atom stereocenters. The molecule has 0 bridgehead atoms. The van der Waals surface area contributed by atoms with E-state index in [9.17, 15) is 14.4 Å². The van der Waals surface area contributed by atoms with Crippen molar-refractivity contribution in [2.75, 3.05) is 14.1 Å². The van der Waals surface area contributed by atoms with Crippen molar-refractivity contribution in [3.05, 3.63) is 57.3 Å². The molecule has 3 amide bonds. The van der Waals surface area contributed by atoms with Gasteiger partial charge in [0.2, 0.25) is 0 Å². The van der Waals surface area contributed by atoms with Crippen LogP contribution in [0.15, 0.2) is 35.7 Å².